The molecule has 17 heteroatoms. The van der Waals surface area contributed by atoms with Crippen molar-refractivity contribution >= 4 is 51.0 Å². The summed E-state index contributed by atoms with van der Waals surface area (Å²) in [5.74, 6) is -0.341. The first-order valence-electron chi connectivity index (χ1n) is 30.6. The Hall–Kier alpha value is -6.10. The molecule has 0 aromatic heterocycles. The van der Waals surface area contributed by atoms with E-state index < -0.39 is 86.2 Å². The Morgan fingerprint density at radius 1 is 0.261 bits per heavy atom. The number of rotatable bonds is 21. The van der Waals surface area contributed by atoms with Crippen LogP contribution < -0.4 is 0 Å². The second-order valence-electron chi connectivity index (χ2n) is 24.8. The third kappa shape index (κ3) is 14.7. The molecule has 9 rings (SSSR count). The van der Waals surface area contributed by atoms with Gasteiger partial charge in [0.1, 0.15) is 0 Å². The fourth-order valence-corrected chi connectivity index (χ4v) is 35.6. The van der Waals surface area contributed by atoms with E-state index in [1.165, 1.54) is 36.4 Å². The van der Waals surface area contributed by atoms with Gasteiger partial charge in [-0.25, -0.2) is 0 Å². The molecule has 0 spiro atoms. The Bertz CT molecular complexity index is 3440. The van der Waals surface area contributed by atoms with Crippen LogP contribution in [0.1, 0.15) is 169 Å². The van der Waals surface area contributed by atoms with E-state index in [0.717, 1.165) is 69.8 Å². The van der Waals surface area contributed by atoms with Gasteiger partial charge in [-0.1, -0.05) is 0 Å². The summed E-state index contributed by atoms with van der Waals surface area (Å²) in [6.07, 6.45) is -14.8. The van der Waals surface area contributed by atoms with Crippen LogP contribution in [0.4, 0.5) is 39.5 Å². The standard InChI is InChI=1S/3C25H27F3OS.O.Sb/c3*1-17(2)19-8-12-22(13-9-19)30(29,23-14-10-20(11-15-23)18(3)4)24-7-5-6-21(16-24)25(26,27)28;;/h3*5-18,29H,1-4H3;;/q;;;;+3/p-3. The van der Waals surface area contributed by atoms with Crippen molar-refractivity contribution in [3.05, 3.63) is 268 Å². The summed E-state index contributed by atoms with van der Waals surface area (Å²) in [6.45, 7) is 23.6. The van der Waals surface area contributed by atoms with Crippen LogP contribution >= 0.6 is 30.9 Å². The van der Waals surface area contributed by atoms with Gasteiger partial charge in [-0.2, -0.15) is 0 Å². The van der Waals surface area contributed by atoms with Crippen molar-refractivity contribution in [3.8, 4) is 0 Å². The maximum absolute atomic E-state index is 19.1. The molecule has 0 fully saturated rings. The van der Waals surface area contributed by atoms with Crippen LogP contribution in [0.25, 0.3) is 0 Å². The Balaban J connectivity index is 1.56. The normalized spacial score (nSPS) is 13.7. The first-order valence-corrected chi connectivity index (χ1v) is 39.4. The number of benzene rings is 9. The first kappa shape index (κ1) is 70.2. The van der Waals surface area contributed by atoms with E-state index in [9.17, 15) is 0 Å². The topological polar surface area (TPSA) is 44.8 Å². The number of halogens is 9. The van der Waals surface area contributed by atoms with E-state index in [1.807, 2.05) is 83.1 Å². The third-order valence-electron chi connectivity index (χ3n) is 16.4. The van der Waals surface area contributed by atoms with Crippen LogP contribution in [0.5, 0.6) is 0 Å². The third-order valence-corrected chi connectivity index (χ3v) is 36.4. The van der Waals surface area contributed by atoms with Crippen molar-refractivity contribution in [2.45, 2.75) is 181 Å². The summed E-state index contributed by atoms with van der Waals surface area (Å²) >= 11 is -7.85. The van der Waals surface area contributed by atoms with Gasteiger partial charge in [-0.15, -0.1) is 0 Å². The molecular formula is C75H78F9O4S3Sb. The van der Waals surface area contributed by atoms with Crippen molar-refractivity contribution in [3.63, 3.8) is 0 Å². The molecule has 0 saturated heterocycles. The van der Waals surface area contributed by atoms with E-state index in [1.54, 1.807) is 146 Å². The molecular weight excluding hydrogens is 1350 g/mol. The fraction of sp³-hybridized carbons (Fsp3) is 0.280. The Morgan fingerprint density at radius 3 is 0.565 bits per heavy atom. The molecule has 0 atom stereocenters. The molecule has 0 unspecified atom stereocenters. The molecule has 0 N–H and O–H groups in total. The van der Waals surface area contributed by atoms with E-state index in [0.29, 0.717) is 0 Å². The molecule has 0 bridgehead atoms. The van der Waals surface area contributed by atoms with Gasteiger partial charge in [0.25, 0.3) is 0 Å². The Kier molecular flexibility index (Phi) is 21.1. The van der Waals surface area contributed by atoms with E-state index in [2.05, 4.69) is 0 Å². The average Bonchev–Trinajstić information content (AvgIpc) is 0.719. The molecule has 0 aliphatic carbocycles. The molecule has 488 valence electrons. The maximum atomic E-state index is 19.1. The zero-order chi connectivity index (χ0) is 66.9. The summed E-state index contributed by atoms with van der Waals surface area (Å²) in [7, 11) is -12.1. The fourth-order valence-electron chi connectivity index (χ4n) is 10.9. The van der Waals surface area contributed by atoms with Gasteiger partial charge in [-0.3, -0.25) is 0 Å². The molecule has 9 aromatic carbocycles. The zero-order valence-corrected chi connectivity index (χ0v) is 58.5. The van der Waals surface area contributed by atoms with Crippen LogP contribution in [0.15, 0.2) is 262 Å². The molecule has 4 nitrogen and oxygen atoms in total. The Morgan fingerprint density at radius 2 is 0.424 bits per heavy atom. The van der Waals surface area contributed by atoms with Crippen LogP contribution in [0, 0.1) is 0 Å². The Labute approximate surface area is 546 Å². The summed E-state index contributed by atoms with van der Waals surface area (Å²) in [4.78, 5) is 1.00. The van der Waals surface area contributed by atoms with Crippen molar-refractivity contribution in [2.24, 2.45) is 0 Å². The number of hydrogen-bond acceptors (Lipinski definition) is 4. The van der Waals surface area contributed by atoms with Crippen LogP contribution in [0.3, 0.4) is 0 Å². The van der Waals surface area contributed by atoms with Crippen molar-refractivity contribution < 1.29 is 49.9 Å². The van der Waals surface area contributed by atoms with Crippen LogP contribution in [0.2, 0.25) is 0 Å². The summed E-state index contributed by atoms with van der Waals surface area (Å²) < 4.78 is 184. The van der Waals surface area contributed by atoms with Gasteiger partial charge in [-0.05, 0) is 0 Å². The summed E-state index contributed by atoms with van der Waals surface area (Å²) in [5.41, 5.74) is 1.72. The van der Waals surface area contributed by atoms with Crippen LogP contribution in [-0.2, 0) is 28.9 Å². The molecule has 9 aromatic rings. The second kappa shape index (κ2) is 27.7. The second-order valence-corrected chi connectivity index (χ2v) is 39.2. The van der Waals surface area contributed by atoms with E-state index >= 15 is 42.5 Å². The first-order chi connectivity index (χ1) is 43.2. The minimum atomic E-state index is -7.85. The molecule has 0 aliphatic rings. The van der Waals surface area contributed by atoms with Gasteiger partial charge in [0.15, 0.2) is 0 Å². The average molecular weight is 1430 g/mol. The van der Waals surface area contributed by atoms with E-state index in [4.69, 9.17) is 7.38 Å². The molecule has 0 heterocycles. The molecule has 92 heavy (non-hydrogen) atoms. The zero-order valence-electron chi connectivity index (χ0n) is 53.5. The van der Waals surface area contributed by atoms with Gasteiger partial charge < -0.3 is 0 Å². The van der Waals surface area contributed by atoms with Crippen LogP contribution in [-0.4, -0.2) is 20.1 Å². The van der Waals surface area contributed by atoms with Gasteiger partial charge in [0, 0.05) is 0 Å². The molecule has 0 radical (unpaired) electrons. The molecule has 0 saturated carbocycles. The predicted molar refractivity (Wildman–Crippen MR) is 354 cm³/mol. The van der Waals surface area contributed by atoms with Crippen molar-refractivity contribution in [1.82, 2.24) is 0 Å². The minimum absolute atomic E-state index is 0.0568. The summed E-state index contributed by atoms with van der Waals surface area (Å²) in [6, 6.07) is 55.7. The number of hydrogen-bond donors (Lipinski definition) is 0. The van der Waals surface area contributed by atoms with Gasteiger partial charge in [0.2, 0.25) is 0 Å². The summed E-state index contributed by atoms with van der Waals surface area (Å²) in [5, 5.41) is 0. The van der Waals surface area contributed by atoms with Crippen molar-refractivity contribution in [2.75, 3.05) is 0 Å². The predicted octanol–water partition coefficient (Wildman–Crippen LogP) is 25.4. The SMILES string of the molecule is CC(C)c1ccc(S([O][Sb](=[O])([O]S(c2ccc(C(C)C)cc2)(c2ccc(C(C)C)cc2)c2cccc(C(F)(F)F)c2)[O]S(c2ccc(C(C)C)cc2)(c2ccc(C(C)C)cc2)c2cccc(C(F)(F)F)c2)(c2ccc(C(C)C)cc2)c2cccc(C(F)(F)F)c2)cc1. The van der Waals surface area contributed by atoms with Gasteiger partial charge in [0.05, 0.1) is 0 Å². The molecule has 0 aliphatic heterocycles. The van der Waals surface area contributed by atoms with Gasteiger partial charge >= 0.3 is 551 Å². The monoisotopic (exact) mass is 1430 g/mol. The molecule has 0 amide bonds. The van der Waals surface area contributed by atoms with Crippen molar-refractivity contribution in [1.29, 1.82) is 0 Å². The number of alkyl halides is 9. The van der Waals surface area contributed by atoms with E-state index in [-0.39, 0.29) is 79.6 Å². The quantitative estimate of drug-likeness (QED) is 0.0531.